The molecule has 0 spiro atoms. The molecule has 1 fully saturated rings. The maximum absolute atomic E-state index is 11.8. The molecule has 2 atom stereocenters. The minimum Gasteiger partial charge on any atom is -0.361 e. The number of hydrogen-bond acceptors (Lipinski definition) is 3. The molecule has 2 unspecified atom stereocenters. The molecule has 0 aromatic carbocycles. The molecule has 92 valence electrons. The van der Waals surface area contributed by atoms with Crippen molar-refractivity contribution in [1.82, 2.24) is 4.90 Å². The third-order valence-corrected chi connectivity index (χ3v) is 3.92. The fourth-order valence-corrected chi connectivity index (χ4v) is 3.04. The van der Waals surface area contributed by atoms with Crippen LogP contribution in [0.2, 0.25) is 0 Å². The van der Waals surface area contributed by atoms with E-state index in [0.29, 0.717) is 12.5 Å². The summed E-state index contributed by atoms with van der Waals surface area (Å²) in [4.78, 5) is 24.5. The molecule has 0 saturated carbocycles. The Morgan fingerprint density at radius 1 is 1.47 bits per heavy atom. The number of carbonyl (C=O) groups is 2. The number of rotatable bonds is 1. The lowest BCUT2D eigenvalue weighted by atomic mass is 9.91. The second kappa shape index (κ2) is 4.87. The average molecular weight is 252 g/mol. The summed E-state index contributed by atoms with van der Waals surface area (Å²) >= 11 is 1.60. The number of likely N-dealkylation sites (tertiary alicyclic amines) is 1. The van der Waals surface area contributed by atoms with E-state index in [1.807, 2.05) is 16.8 Å². The van der Waals surface area contributed by atoms with Gasteiger partial charge < -0.3 is 10.6 Å². The summed E-state index contributed by atoms with van der Waals surface area (Å²) in [6.07, 6.45) is 1.97. The van der Waals surface area contributed by atoms with Gasteiger partial charge in [0, 0.05) is 6.54 Å². The summed E-state index contributed by atoms with van der Waals surface area (Å²) in [5.41, 5.74) is 6.21. The number of piperidine rings is 1. The first-order chi connectivity index (χ1) is 8.09. The van der Waals surface area contributed by atoms with Crippen molar-refractivity contribution in [1.29, 1.82) is 0 Å². The first kappa shape index (κ1) is 12.1. The van der Waals surface area contributed by atoms with Gasteiger partial charge in [-0.1, -0.05) is 6.92 Å². The van der Waals surface area contributed by atoms with Crippen molar-refractivity contribution in [3.05, 3.63) is 22.4 Å². The minimum atomic E-state index is -0.862. The molecule has 0 bridgehead atoms. The van der Waals surface area contributed by atoms with E-state index < -0.39 is 11.8 Å². The van der Waals surface area contributed by atoms with Crippen molar-refractivity contribution in [3.8, 4) is 0 Å². The molecule has 1 aliphatic rings. The topological polar surface area (TPSA) is 63.4 Å². The molecule has 2 N–H and O–H groups in total. The van der Waals surface area contributed by atoms with E-state index in [2.05, 4.69) is 6.92 Å². The zero-order chi connectivity index (χ0) is 12.4. The third-order valence-electron chi connectivity index (χ3n) is 3.22. The summed E-state index contributed by atoms with van der Waals surface area (Å²) in [6, 6.07) is 2.02. The Bertz CT molecular complexity index is 416. The van der Waals surface area contributed by atoms with Crippen LogP contribution >= 0.6 is 11.3 Å². The third kappa shape index (κ3) is 2.49. The summed E-state index contributed by atoms with van der Waals surface area (Å²) in [5, 5.41) is 4.02. The fraction of sp³-hybridized carbons (Fsp3) is 0.500. The van der Waals surface area contributed by atoms with Crippen molar-refractivity contribution >= 4 is 23.2 Å². The van der Waals surface area contributed by atoms with Gasteiger partial charge in [-0.15, -0.1) is 0 Å². The first-order valence-corrected chi connectivity index (χ1v) is 6.66. The molecule has 0 aliphatic carbocycles. The first-order valence-electron chi connectivity index (χ1n) is 5.72. The Kier molecular flexibility index (Phi) is 3.47. The van der Waals surface area contributed by atoms with E-state index >= 15 is 0 Å². The summed E-state index contributed by atoms with van der Waals surface area (Å²) < 4.78 is 0. The van der Waals surface area contributed by atoms with Gasteiger partial charge in [0.15, 0.2) is 0 Å². The second-order valence-electron chi connectivity index (χ2n) is 4.58. The van der Waals surface area contributed by atoms with Gasteiger partial charge in [0.05, 0.1) is 6.04 Å². The van der Waals surface area contributed by atoms with Crippen molar-refractivity contribution in [2.75, 3.05) is 6.54 Å². The lowest BCUT2D eigenvalue weighted by Crippen LogP contribution is -2.46. The van der Waals surface area contributed by atoms with Crippen molar-refractivity contribution in [2.45, 2.75) is 25.8 Å². The Hall–Kier alpha value is -1.36. The van der Waals surface area contributed by atoms with Crippen LogP contribution in [0.1, 0.15) is 31.4 Å². The van der Waals surface area contributed by atoms with Crippen LogP contribution in [-0.4, -0.2) is 23.3 Å². The molecule has 2 heterocycles. The monoisotopic (exact) mass is 252 g/mol. The molecule has 4 nitrogen and oxygen atoms in total. The lowest BCUT2D eigenvalue weighted by molar-refractivity contribution is -0.147. The lowest BCUT2D eigenvalue weighted by Gasteiger charge is -2.37. The summed E-state index contributed by atoms with van der Waals surface area (Å²) in [5.74, 6) is -1.000. The highest BCUT2D eigenvalue weighted by atomic mass is 32.1. The van der Waals surface area contributed by atoms with Crippen LogP contribution < -0.4 is 5.73 Å². The number of amides is 2. The SMILES string of the molecule is CC1CCC(c2ccsc2)N(C(=O)C(N)=O)C1. The summed E-state index contributed by atoms with van der Waals surface area (Å²) in [6.45, 7) is 2.70. The largest absolute Gasteiger partial charge is 0.361 e. The number of hydrogen-bond donors (Lipinski definition) is 1. The van der Waals surface area contributed by atoms with Crippen LogP contribution in [0.15, 0.2) is 16.8 Å². The van der Waals surface area contributed by atoms with Crippen LogP contribution in [0.25, 0.3) is 0 Å². The molecule has 1 saturated heterocycles. The predicted octanol–water partition coefficient (Wildman–Crippen LogP) is 1.53. The van der Waals surface area contributed by atoms with E-state index in [1.165, 1.54) is 0 Å². The molecule has 1 aliphatic heterocycles. The van der Waals surface area contributed by atoms with Crippen molar-refractivity contribution in [3.63, 3.8) is 0 Å². The number of carbonyl (C=O) groups excluding carboxylic acids is 2. The average Bonchev–Trinajstić information content (AvgIpc) is 2.81. The fourth-order valence-electron chi connectivity index (χ4n) is 2.33. The Balaban J connectivity index is 2.23. The molecular weight excluding hydrogens is 236 g/mol. The smallest absolute Gasteiger partial charge is 0.312 e. The normalized spacial score (nSPS) is 24.6. The van der Waals surface area contributed by atoms with Gasteiger partial charge in [-0.3, -0.25) is 9.59 Å². The van der Waals surface area contributed by atoms with E-state index in [4.69, 9.17) is 5.73 Å². The number of primary amides is 1. The Morgan fingerprint density at radius 2 is 2.24 bits per heavy atom. The van der Waals surface area contributed by atoms with E-state index in [9.17, 15) is 9.59 Å². The van der Waals surface area contributed by atoms with Gasteiger partial charge in [0.25, 0.3) is 0 Å². The van der Waals surface area contributed by atoms with Gasteiger partial charge in [-0.25, -0.2) is 0 Å². The van der Waals surface area contributed by atoms with Crippen LogP contribution in [0.3, 0.4) is 0 Å². The van der Waals surface area contributed by atoms with Gasteiger partial charge in [-0.2, -0.15) is 11.3 Å². The summed E-state index contributed by atoms with van der Waals surface area (Å²) in [7, 11) is 0. The molecule has 17 heavy (non-hydrogen) atoms. The second-order valence-corrected chi connectivity index (χ2v) is 5.36. The maximum Gasteiger partial charge on any atom is 0.312 e. The standard InChI is InChI=1S/C12H16N2O2S/c1-8-2-3-10(9-4-5-17-7-9)14(6-8)12(16)11(13)15/h4-5,7-8,10H,2-3,6H2,1H3,(H2,13,15). The van der Waals surface area contributed by atoms with Crippen LogP contribution in [0.4, 0.5) is 0 Å². The molecule has 2 rings (SSSR count). The van der Waals surface area contributed by atoms with E-state index in [-0.39, 0.29) is 6.04 Å². The molecule has 2 amide bonds. The van der Waals surface area contributed by atoms with Gasteiger partial charge in [0.2, 0.25) is 0 Å². The molecular formula is C12H16N2O2S. The highest BCUT2D eigenvalue weighted by Crippen LogP contribution is 2.34. The zero-order valence-electron chi connectivity index (χ0n) is 9.76. The maximum atomic E-state index is 11.8. The quantitative estimate of drug-likeness (QED) is 0.770. The minimum absolute atomic E-state index is 0.0115. The van der Waals surface area contributed by atoms with E-state index in [0.717, 1.165) is 18.4 Å². The van der Waals surface area contributed by atoms with Crippen molar-refractivity contribution < 1.29 is 9.59 Å². The highest BCUT2D eigenvalue weighted by molar-refractivity contribution is 7.08. The van der Waals surface area contributed by atoms with Crippen molar-refractivity contribution in [2.24, 2.45) is 11.7 Å². The molecule has 1 aromatic rings. The molecule has 5 heteroatoms. The Labute approximate surface area is 104 Å². The Morgan fingerprint density at radius 3 is 2.82 bits per heavy atom. The van der Waals surface area contributed by atoms with Gasteiger partial charge >= 0.3 is 11.8 Å². The number of thiophene rings is 1. The predicted molar refractivity (Wildman–Crippen MR) is 66.4 cm³/mol. The van der Waals surface area contributed by atoms with Gasteiger partial charge in [-0.05, 0) is 41.1 Å². The van der Waals surface area contributed by atoms with Crippen LogP contribution in [0.5, 0.6) is 0 Å². The zero-order valence-corrected chi connectivity index (χ0v) is 10.6. The van der Waals surface area contributed by atoms with Crippen LogP contribution in [-0.2, 0) is 9.59 Å². The van der Waals surface area contributed by atoms with E-state index in [1.54, 1.807) is 16.2 Å². The molecule has 1 aromatic heterocycles. The number of nitrogens with zero attached hydrogens (tertiary/aromatic N) is 1. The highest BCUT2D eigenvalue weighted by Gasteiger charge is 2.33. The molecule has 0 radical (unpaired) electrons. The number of nitrogens with two attached hydrogens (primary N) is 1. The van der Waals surface area contributed by atoms with Crippen LogP contribution in [0, 0.1) is 5.92 Å². The van der Waals surface area contributed by atoms with Gasteiger partial charge in [0.1, 0.15) is 0 Å².